The zero-order valence-electron chi connectivity index (χ0n) is 25.5. The van der Waals surface area contributed by atoms with Crippen molar-refractivity contribution in [2.24, 2.45) is 17.6 Å². The minimum atomic E-state index is -2.73. The van der Waals surface area contributed by atoms with Crippen LogP contribution in [0.25, 0.3) is 11.1 Å². The van der Waals surface area contributed by atoms with Crippen LogP contribution in [0.2, 0.25) is 0 Å². The van der Waals surface area contributed by atoms with Crippen LogP contribution in [0.1, 0.15) is 46.0 Å². The van der Waals surface area contributed by atoms with E-state index in [1.807, 2.05) is 0 Å². The van der Waals surface area contributed by atoms with Gasteiger partial charge in [-0.2, -0.15) is 0 Å². The number of esters is 1. The number of fused-ring (bicyclic) bond motifs is 3. The fourth-order valence-corrected chi connectivity index (χ4v) is 6.96. The quantitative estimate of drug-likeness (QED) is 0.181. The summed E-state index contributed by atoms with van der Waals surface area (Å²) in [5, 5.41) is 47.7. The minimum Gasteiger partial charge on any atom is -0.510 e. The number of nitrogens with one attached hydrogen (secondary N) is 1. The fraction of sp³-hybridized carbons (Fsp3) is 0.364. The number of rotatable bonds is 8. The van der Waals surface area contributed by atoms with Crippen LogP contribution in [-0.4, -0.2) is 93.6 Å². The third-order valence-corrected chi connectivity index (χ3v) is 8.96. The molecule has 2 aromatic rings. The topological polar surface area (TPSA) is 217 Å². The van der Waals surface area contributed by atoms with E-state index in [4.69, 9.17) is 10.5 Å². The third kappa shape index (κ3) is 5.11. The molecule has 3 aliphatic rings. The Morgan fingerprint density at radius 3 is 2.48 bits per heavy atom. The molecule has 0 heterocycles. The predicted molar refractivity (Wildman–Crippen MR) is 163 cm³/mol. The maximum atomic E-state index is 14.0. The lowest BCUT2D eigenvalue weighted by Crippen LogP contribution is -2.63. The Labute approximate surface area is 264 Å². The molecule has 13 nitrogen and oxygen atoms in total. The Balaban J connectivity index is 1.55. The number of aromatic hydroxyl groups is 1. The molecule has 0 bridgehead atoms. The number of ketones is 2. The molecule has 0 saturated heterocycles. The smallest absolute Gasteiger partial charge is 0.307 e. The van der Waals surface area contributed by atoms with Gasteiger partial charge in [-0.15, -0.1) is 0 Å². The van der Waals surface area contributed by atoms with E-state index in [2.05, 4.69) is 5.32 Å². The van der Waals surface area contributed by atoms with Gasteiger partial charge in [0.25, 0.3) is 11.8 Å². The lowest BCUT2D eigenvalue weighted by Gasteiger charge is -2.50. The number of aliphatic hydroxyl groups excluding tert-OH is 2. The number of Topliss-reactive ketones (excluding diaryl/α,β-unsaturated/α-hetero) is 2. The number of hydrogen-bond acceptors (Lipinski definition) is 11. The summed E-state index contributed by atoms with van der Waals surface area (Å²) in [7, 11) is 3.12. The molecule has 13 heteroatoms. The van der Waals surface area contributed by atoms with Gasteiger partial charge in [0.15, 0.2) is 11.4 Å². The van der Waals surface area contributed by atoms with E-state index < -0.39 is 69.9 Å². The van der Waals surface area contributed by atoms with Gasteiger partial charge in [0.2, 0.25) is 5.78 Å². The van der Waals surface area contributed by atoms with E-state index in [0.717, 1.165) is 0 Å². The number of benzene rings is 2. The summed E-state index contributed by atoms with van der Waals surface area (Å²) in [5.41, 5.74) is 3.18. The first-order valence-corrected chi connectivity index (χ1v) is 14.8. The summed E-state index contributed by atoms with van der Waals surface area (Å²) in [5.74, 6) is -8.16. The molecule has 0 spiro atoms. The number of carbonyl (C=O) groups is 5. The maximum Gasteiger partial charge on any atom is 0.307 e. The second-order valence-electron chi connectivity index (χ2n) is 11.8. The Morgan fingerprint density at radius 1 is 1.11 bits per heavy atom. The standard InChI is InChI=1S/C33H35N3O10/c1-4-46-22(38)10-11-35-32(44)16-7-5-6-15(12-16)18-8-9-21(37)24-19(18)13-17-14-20-26(36(2)3)28(40)25(31(34)43)30(42)33(20,45)29(41)23(17)27(24)39/h5-9,12,17,20,26,37,40-41,45H,4,10-11,13-14H2,1-3H3,(H2,34,43)(H,35,44)/t17-,20-,26?,33-/m0/s1. The van der Waals surface area contributed by atoms with Crippen LogP contribution in [0, 0.1) is 11.8 Å². The van der Waals surface area contributed by atoms with Crippen LogP contribution >= 0.6 is 0 Å². The van der Waals surface area contributed by atoms with E-state index in [0.29, 0.717) is 16.7 Å². The second-order valence-corrected chi connectivity index (χ2v) is 11.8. The number of phenols is 1. The molecule has 7 N–H and O–H groups in total. The Bertz CT molecular complexity index is 1740. The van der Waals surface area contributed by atoms with Gasteiger partial charge in [0, 0.05) is 23.6 Å². The van der Waals surface area contributed by atoms with Gasteiger partial charge in [-0.25, -0.2) is 0 Å². The molecule has 0 saturated carbocycles. The molecule has 4 atom stereocenters. The summed E-state index contributed by atoms with van der Waals surface area (Å²) >= 11 is 0. The van der Waals surface area contributed by atoms with Crippen molar-refractivity contribution < 1.29 is 49.1 Å². The number of phenolic OH excluding ortho intramolecular Hbond substituents is 1. The largest absolute Gasteiger partial charge is 0.510 e. The Kier molecular flexibility index (Phi) is 8.49. The molecule has 0 fully saturated rings. The van der Waals surface area contributed by atoms with Crippen LogP contribution < -0.4 is 11.1 Å². The lowest BCUT2D eigenvalue weighted by molar-refractivity contribution is -0.148. The van der Waals surface area contributed by atoms with Crippen molar-refractivity contribution >= 4 is 29.4 Å². The van der Waals surface area contributed by atoms with Gasteiger partial charge in [-0.3, -0.25) is 28.9 Å². The first-order valence-electron chi connectivity index (χ1n) is 14.8. The molecule has 5 rings (SSSR count). The normalized spacial score (nSPS) is 23.9. The molecule has 242 valence electrons. The zero-order valence-corrected chi connectivity index (χ0v) is 25.5. The van der Waals surface area contributed by atoms with Crippen LogP contribution in [0.5, 0.6) is 5.75 Å². The molecule has 0 aromatic heterocycles. The van der Waals surface area contributed by atoms with Crippen molar-refractivity contribution in [3.63, 3.8) is 0 Å². The number of likely N-dealkylation sites (N-methyl/N-ethyl adjacent to an activating group) is 1. The molecule has 3 aliphatic carbocycles. The van der Waals surface area contributed by atoms with E-state index in [1.54, 1.807) is 51.4 Å². The average Bonchev–Trinajstić information content (AvgIpc) is 2.99. The number of nitrogens with zero attached hydrogens (tertiary/aromatic N) is 1. The number of nitrogens with two attached hydrogens (primary N) is 1. The number of hydrogen-bond donors (Lipinski definition) is 6. The number of aliphatic hydroxyl groups is 3. The van der Waals surface area contributed by atoms with Crippen molar-refractivity contribution in [1.82, 2.24) is 10.2 Å². The van der Waals surface area contributed by atoms with E-state index in [-0.39, 0.29) is 54.9 Å². The molecule has 0 radical (unpaired) electrons. The van der Waals surface area contributed by atoms with Gasteiger partial charge < -0.3 is 36.2 Å². The Hall–Kier alpha value is -5.01. The molecule has 0 aliphatic heterocycles. The minimum absolute atomic E-state index is 0.00470. The molecular weight excluding hydrogens is 598 g/mol. The lowest BCUT2D eigenvalue weighted by atomic mass is 9.58. The highest BCUT2D eigenvalue weighted by Crippen LogP contribution is 2.53. The number of allylic oxidation sites excluding steroid dienone is 1. The van der Waals surface area contributed by atoms with Crippen LogP contribution in [0.3, 0.4) is 0 Å². The number of primary amides is 1. The van der Waals surface area contributed by atoms with Crippen LogP contribution in [0.4, 0.5) is 0 Å². The maximum absolute atomic E-state index is 14.0. The average molecular weight is 634 g/mol. The second kappa shape index (κ2) is 12.1. The zero-order chi connectivity index (χ0) is 33.7. The van der Waals surface area contributed by atoms with Gasteiger partial charge in [0.1, 0.15) is 22.8 Å². The van der Waals surface area contributed by atoms with Gasteiger partial charge in [-0.1, -0.05) is 18.2 Å². The fourth-order valence-electron chi connectivity index (χ4n) is 6.96. The molecule has 2 aromatic carbocycles. The summed E-state index contributed by atoms with van der Waals surface area (Å²) in [6.45, 7) is 1.99. The highest BCUT2D eigenvalue weighted by molar-refractivity contribution is 6.25. The van der Waals surface area contributed by atoms with Crippen molar-refractivity contribution in [3.05, 3.63) is 75.8 Å². The monoisotopic (exact) mass is 633 g/mol. The summed E-state index contributed by atoms with van der Waals surface area (Å²) in [6.07, 6.45) is 0.0444. The molecule has 2 amide bonds. The van der Waals surface area contributed by atoms with Crippen molar-refractivity contribution in [2.75, 3.05) is 27.2 Å². The van der Waals surface area contributed by atoms with Crippen LogP contribution in [-0.2, 0) is 25.5 Å². The first-order chi connectivity index (χ1) is 21.7. The first kappa shape index (κ1) is 32.4. The Morgan fingerprint density at radius 2 is 1.83 bits per heavy atom. The summed E-state index contributed by atoms with van der Waals surface area (Å²) in [6, 6.07) is 8.37. The molecular formula is C33H35N3O10. The van der Waals surface area contributed by atoms with E-state index >= 15 is 0 Å². The van der Waals surface area contributed by atoms with Crippen LogP contribution in [0.15, 0.2) is 59.1 Å². The molecule has 46 heavy (non-hydrogen) atoms. The number of amides is 2. The van der Waals surface area contributed by atoms with Gasteiger partial charge in [0.05, 0.1) is 24.6 Å². The van der Waals surface area contributed by atoms with Gasteiger partial charge in [-0.05, 0) is 74.7 Å². The van der Waals surface area contributed by atoms with Gasteiger partial charge >= 0.3 is 5.97 Å². The number of ether oxygens (including phenoxy) is 1. The third-order valence-electron chi connectivity index (χ3n) is 8.96. The summed E-state index contributed by atoms with van der Waals surface area (Å²) < 4.78 is 4.88. The predicted octanol–water partition coefficient (Wildman–Crippen LogP) is 1.47. The molecule has 1 unspecified atom stereocenters. The van der Waals surface area contributed by atoms with Crippen molar-refractivity contribution in [3.8, 4) is 16.9 Å². The number of carbonyl (C=O) groups excluding carboxylic acids is 5. The SMILES string of the molecule is CCOC(=O)CCNC(=O)c1cccc(-c2ccc(O)c3c2C[C@H]2C[C@H]4C(N(C)C)C(O)=C(C(N)=O)C(=O)[C@@]4(O)C(O)=C2C3=O)c1. The summed E-state index contributed by atoms with van der Waals surface area (Å²) in [4.78, 5) is 65.6. The van der Waals surface area contributed by atoms with E-state index in [1.165, 1.54) is 11.0 Å². The van der Waals surface area contributed by atoms with Crippen molar-refractivity contribution in [2.45, 2.75) is 37.8 Å². The highest BCUT2D eigenvalue weighted by atomic mass is 16.5. The highest BCUT2D eigenvalue weighted by Gasteiger charge is 2.63. The van der Waals surface area contributed by atoms with Crippen molar-refractivity contribution in [1.29, 1.82) is 0 Å². The van der Waals surface area contributed by atoms with E-state index in [9.17, 15) is 44.4 Å².